The smallest absolute Gasteiger partial charge is 0.0705 e. The zero-order valence-electron chi connectivity index (χ0n) is 17.4. The zero-order valence-corrected chi connectivity index (χ0v) is 17.4. The van der Waals surface area contributed by atoms with Crippen LogP contribution in [0.1, 0.15) is 17.1 Å². The lowest BCUT2D eigenvalue weighted by Crippen LogP contribution is -2.33. The second-order valence-electron chi connectivity index (χ2n) is 7.59. The third-order valence-electron chi connectivity index (χ3n) is 5.11. The predicted octanol–water partition coefficient (Wildman–Crippen LogP) is 4.16. The second kappa shape index (κ2) is 10.1. The van der Waals surface area contributed by atoms with Crippen LogP contribution in [-0.4, -0.2) is 44.9 Å². The van der Waals surface area contributed by atoms with E-state index in [9.17, 15) is 0 Å². The lowest BCUT2D eigenvalue weighted by Gasteiger charge is -2.25. The van der Waals surface area contributed by atoms with Gasteiger partial charge >= 0.3 is 0 Å². The number of rotatable bonds is 9. The summed E-state index contributed by atoms with van der Waals surface area (Å²) in [4.78, 5) is 18.5. The van der Waals surface area contributed by atoms with Crippen molar-refractivity contribution in [2.75, 3.05) is 20.1 Å². The fraction of sp³-hybridized carbons (Fsp3) is 0.240. The molecule has 3 aromatic heterocycles. The molecular formula is C25H27N5. The Bertz CT molecular complexity index is 1050. The number of fused-ring (bicyclic) bond motifs is 1. The molecule has 0 aliphatic carbocycles. The van der Waals surface area contributed by atoms with Crippen LogP contribution in [0.15, 0.2) is 85.2 Å². The number of pyridine rings is 3. The first-order valence-electron chi connectivity index (χ1n) is 10.3. The third kappa shape index (κ3) is 5.69. The maximum absolute atomic E-state index is 4.87. The molecule has 0 aliphatic heterocycles. The molecule has 5 heteroatoms. The molecule has 0 N–H and O–H groups in total. The van der Waals surface area contributed by atoms with Crippen LogP contribution in [0.3, 0.4) is 0 Å². The van der Waals surface area contributed by atoms with Crippen molar-refractivity contribution in [3.05, 3.63) is 102 Å². The maximum atomic E-state index is 4.87. The first-order chi connectivity index (χ1) is 14.8. The monoisotopic (exact) mass is 397 g/mol. The van der Waals surface area contributed by atoms with Gasteiger partial charge in [0.05, 0.1) is 22.6 Å². The molecule has 0 bridgehead atoms. The fourth-order valence-corrected chi connectivity index (χ4v) is 3.52. The van der Waals surface area contributed by atoms with Crippen molar-refractivity contribution in [2.45, 2.75) is 19.6 Å². The SMILES string of the molecule is CN(CCN(Cc1ccccn1)Cc1ccc2ccccc2n1)Cc1ccccn1. The Kier molecular flexibility index (Phi) is 6.75. The molecule has 0 spiro atoms. The first-order valence-corrected chi connectivity index (χ1v) is 10.3. The average molecular weight is 398 g/mol. The van der Waals surface area contributed by atoms with Gasteiger partial charge in [-0.2, -0.15) is 0 Å². The van der Waals surface area contributed by atoms with E-state index in [-0.39, 0.29) is 0 Å². The Morgan fingerprint density at radius 1 is 0.633 bits per heavy atom. The molecule has 0 saturated carbocycles. The average Bonchev–Trinajstić information content (AvgIpc) is 2.79. The van der Waals surface area contributed by atoms with Gasteiger partial charge in [-0.3, -0.25) is 24.8 Å². The quantitative estimate of drug-likeness (QED) is 0.424. The molecule has 0 atom stereocenters. The van der Waals surface area contributed by atoms with Gasteiger partial charge in [-0.25, -0.2) is 0 Å². The third-order valence-corrected chi connectivity index (χ3v) is 5.11. The van der Waals surface area contributed by atoms with Gasteiger partial charge in [0.25, 0.3) is 0 Å². The summed E-state index contributed by atoms with van der Waals surface area (Å²) in [5.41, 5.74) is 4.29. The molecule has 0 unspecified atom stereocenters. The van der Waals surface area contributed by atoms with Crippen LogP contribution in [-0.2, 0) is 19.6 Å². The minimum absolute atomic E-state index is 0.791. The van der Waals surface area contributed by atoms with Crippen molar-refractivity contribution in [3.63, 3.8) is 0 Å². The number of aromatic nitrogens is 3. The summed E-state index contributed by atoms with van der Waals surface area (Å²) in [7, 11) is 2.14. The van der Waals surface area contributed by atoms with E-state index in [4.69, 9.17) is 4.98 Å². The summed E-state index contributed by atoms with van der Waals surface area (Å²) in [6.07, 6.45) is 3.71. The van der Waals surface area contributed by atoms with Crippen molar-refractivity contribution in [2.24, 2.45) is 0 Å². The van der Waals surface area contributed by atoms with Crippen LogP contribution in [0, 0.1) is 0 Å². The normalized spacial score (nSPS) is 11.4. The van der Waals surface area contributed by atoms with E-state index in [0.29, 0.717) is 0 Å². The molecule has 1 aromatic carbocycles. The van der Waals surface area contributed by atoms with Crippen molar-refractivity contribution >= 4 is 10.9 Å². The molecule has 4 aromatic rings. The highest BCUT2D eigenvalue weighted by molar-refractivity contribution is 5.78. The molecule has 0 fully saturated rings. The van der Waals surface area contributed by atoms with Crippen LogP contribution < -0.4 is 0 Å². The fourth-order valence-electron chi connectivity index (χ4n) is 3.52. The summed E-state index contributed by atoms with van der Waals surface area (Å²) in [5, 5.41) is 1.17. The highest BCUT2D eigenvalue weighted by Gasteiger charge is 2.11. The van der Waals surface area contributed by atoms with Gasteiger partial charge in [0.15, 0.2) is 0 Å². The maximum Gasteiger partial charge on any atom is 0.0705 e. The van der Waals surface area contributed by atoms with Crippen LogP contribution in [0.25, 0.3) is 10.9 Å². The summed E-state index contributed by atoms with van der Waals surface area (Å²) < 4.78 is 0. The standard InChI is InChI=1S/C25H27N5/c1-29(18-22-9-4-6-14-26-22)16-17-30(19-23-10-5-7-15-27-23)20-24-13-12-21-8-2-3-11-25(21)28-24/h2-15H,16-20H2,1H3. The van der Waals surface area contributed by atoms with Crippen LogP contribution in [0.2, 0.25) is 0 Å². The molecule has 4 rings (SSSR count). The van der Waals surface area contributed by atoms with E-state index in [1.807, 2.05) is 42.7 Å². The molecule has 0 saturated heterocycles. The van der Waals surface area contributed by atoms with E-state index in [0.717, 1.165) is 55.3 Å². The number of hydrogen-bond acceptors (Lipinski definition) is 5. The lowest BCUT2D eigenvalue weighted by atomic mass is 10.2. The van der Waals surface area contributed by atoms with Gasteiger partial charge in [-0.05, 0) is 43.4 Å². The van der Waals surface area contributed by atoms with E-state index < -0.39 is 0 Å². The summed E-state index contributed by atoms with van der Waals surface area (Å²) in [5.74, 6) is 0. The number of para-hydroxylation sites is 1. The molecule has 0 radical (unpaired) electrons. The molecule has 152 valence electrons. The van der Waals surface area contributed by atoms with Gasteiger partial charge in [0.2, 0.25) is 0 Å². The van der Waals surface area contributed by atoms with Crippen LogP contribution in [0.5, 0.6) is 0 Å². The Balaban J connectivity index is 1.44. The molecule has 0 aliphatic rings. The van der Waals surface area contributed by atoms with Crippen molar-refractivity contribution < 1.29 is 0 Å². The number of nitrogens with zero attached hydrogens (tertiary/aromatic N) is 5. The van der Waals surface area contributed by atoms with Gasteiger partial charge in [-0.15, -0.1) is 0 Å². The Labute approximate surface area is 178 Å². The summed E-state index contributed by atoms with van der Waals surface area (Å²) >= 11 is 0. The summed E-state index contributed by atoms with van der Waals surface area (Å²) in [6.45, 7) is 4.30. The topological polar surface area (TPSA) is 45.2 Å². The highest BCUT2D eigenvalue weighted by Crippen LogP contribution is 2.14. The van der Waals surface area contributed by atoms with E-state index in [1.165, 1.54) is 5.39 Å². The number of likely N-dealkylation sites (N-methyl/N-ethyl adjacent to an activating group) is 1. The lowest BCUT2D eigenvalue weighted by molar-refractivity contribution is 0.204. The first kappa shape index (κ1) is 20.1. The second-order valence-corrected chi connectivity index (χ2v) is 7.59. The largest absolute Gasteiger partial charge is 0.299 e. The van der Waals surface area contributed by atoms with Gasteiger partial charge in [0, 0.05) is 50.5 Å². The Morgan fingerprint density at radius 3 is 2.03 bits per heavy atom. The molecule has 3 heterocycles. The van der Waals surface area contributed by atoms with E-state index in [2.05, 4.69) is 69.3 Å². The van der Waals surface area contributed by atoms with Crippen LogP contribution in [0.4, 0.5) is 0 Å². The molecule has 30 heavy (non-hydrogen) atoms. The van der Waals surface area contributed by atoms with E-state index in [1.54, 1.807) is 0 Å². The highest BCUT2D eigenvalue weighted by atomic mass is 15.2. The van der Waals surface area contributed by atoms with Crippen molar-refractivity contribution in [1.29, 1.82) is 0 Å². The van der Waals surface area contributed by atoms with Crippen LogP contribution >= 0.6 is 0 Å². The molecule has 0 amide bonds. The minimum Gasteiger partial charge on any atom is -0.299 e. The van der Waals surface area contributed by atoms with Gasteiger partial charge in [-0.1, -0.05) is 36.4 Å². The van der Waals surface area contributed by atoms with E-state index >= 15 is 0 Å². The zero-order chi connectivity index (χ0) is 20.6. The predicted molar refractivity (Wildman–Crippen MR) is 121 cm³/mol. The summed E-state index contributed by atoms with van der Waals surface area (Å²) in [6, 6.07) is 24.7. The number of benzene rings is 1. The minimum atomic E-state index is 0.791. The van der Waals surface area contributed by atoms with Gasteiger partial charge < -0.3 is 0 Å². The van der Waals surface area contributed by atoms with Gasteiger partial charge in [0.1, 0.15) is 0 Å². The van der Waals surface area contributed by atoms with Crippen molar-refractivity contribution in [1.82, 2.24) is 24.8 Å². The Morgan fingerprint density at radius 2 is 1.30 bits per heavy atom. The molecule has 5 nitrogen and oxygen atoms in total. The molecular weight excluding hydrogens is 370 g/mol. The Hall–Kier alpha value is -3.15. The van der Waals surface area contributed by atoms with Crippen molar-refractivity contribution in [3.8, 4) is 0 Å². The number of hydrogen-bond donors (Lipinski definition) is 0.